The van der Waals surface area contributed by atoms with Crippen LogP contribution in [0.4, 0.5) is 10.1 Å². The summed E-state index contributed by atoms with van der Waals surface area (Å²) in [5.74, 6) is 0.518. The van der Waals surface area contributed by atoms with Crippen LogP contribution in [0.15, 0.2) is 77.3 Å². The van der Waals surface area contributed by atoms with Gasteiger partial charge >= 0.3 is 0 Å². The first-order valence-corrected chi connectivity index (χ1v) is 8.78. The molecule has 6 nitrogen and oxygen atoms in total. The van der Waals surface area contributed by atoms with E-state index in [-0.39, 0.29) is 17.6 Å². The van der Waals surface area contributed by atoms with E-state index in [1.807, 2.05) is 0 Å². The van der Waals surface area contributed by atoms with Gasteiger partial charge in [-0.2, -0.15) is 4.98 Å². The number of rotatable bonds is 5. The number of halogens is 1. The third kappa shape index (κ3) is 3.98. The molecular weight excluding hydrogens is 373 g/mol. The Labute approximate surface area is 166 Å². The molecule has 1 N–H and O–H groups in total. The van der Waals surface area contributed by atoms with Crippen LogP contribution in [-0.2, 0) is 0 Å². The number of carbonyl (C=O) groups excluding carboxylic acids is 1. The van der Waals surface area contributed by atoms with E-state index in [9.17, 15) is 9.18 Å². The smallest absolute Gasteiger partial charge is 0.260 e. The highest BCUT2D eigenvalue weighted by Gasteiger charge is 2.16. The number of para-hydroxylation sites is 1. The van der Waals surface area contributed by atoms with Crippen LogP contribution in [0, 0.1) is 5.82 Å². The van der Waals surface area contributed by atoms with Gasteiger partial charge < -0.3 is 14.6 Å². The molecule has 0 bridgehead atoms. The highest BCUT2D eigenvalue weighted by molar-refractivity contribution is 6.06. The standard InChI is InChI=1S/C22H16FN3O3/c1-28-17-6-4-5-15(13-17)21(27)24-19-8-3-2-7-18(19)22-25-20(26-29-22)14-9-11-16(23)12-10-14/h2-13H,1H3,(H,24,27). The molecule has 0 radical (unpaired) electrons. The van der Waals surface area contributed by atoms with Gasteiger partial charge in [-0.1, -0.05) is 23.4 Å². The number of hydrogen-bond donors (Lipinski definition) is 1. The molecule has 0 atom stereocenters. The summed E-state index contributed by atoms with van der Waals surface area (Å²) in [5.41, 5.74) is 2.18. The van der Waals surface area contributed by atoms with Crippen LogP contribution in [0.2, 0.25) is 0 Å². The van der Waals surface area contributed by atoms with Gasteiger partial charge in [0.15, 0.2) is 0 Å². The molecule has 0 aliphatic heterocycles. The van der Waals surface area contributed by atoms with Crippen LogP contribution in [0.1, 0.15) is 10.4 Å². The van der Waals surface area contributed by atoms with Crippen molar-refractivity contribution in [3.05, 3.63) is 84.2 Å². The minimum atomic E-state index is -0.344. The second kappa shape index (κ2) is 7.93. The van der Waals surface area contributed by atoms with Crippen molar-refractivity contribution in [1.82, 2.24) is 10.1 Å². The van der Waals surface area contributed by atoms with Gasteiger partial charge in [0.1, 0.15) is 11.6 Å². The van der Waals surface area contributed by atoms with Crippen LogP contribution in [-0.4, -0.2) is 23.2 Å². The maximum absolute atomic E-state index is 13.1. The Morgan fingerprint density at radius 3 is 2.62 bits per heavy atom. The molecule has 4 rings (SSSR count). The van der Waals surface area contributed by atoms with Gasteiger partial charge in [0.05, 0.1) is 18.4 Å². The lowest BCUT2D eigenvalue weighted by molar-refractivity contribution is 0.102. The van der Waals surface area contributed by atoms with Gasteiger partial charge in [0.2, 0.25) is 5.82 Å². The average molecular weight is 389 g/mol. The number of methoxy groups -OCH3 is 1. The number of anilines is 1. The second-order valence-corrected chi connectivity index (χ2v) is 6.16. The maximum atomic E-state index is 13.1. The highest BCUT2D eigenvalue weighted by Crippen LogP contribution is 2.29. The molecule has 29 heavy (non-hydrogen) atoms. The van der Waals surface area contributed by atoms with E-state index >= 15 is 0 Å². The van der Waals surface area contributed by atoms with E-state index in [1.165, 1.54) is 12.1 Å². The van der Waals surface area contributed by atoms with E-state index in [4.69, 9.17) is 9.26 Å². The third-order valence-corrected chi connectivity index (χ3v) is 4.27. The summed E-state index contributed by atoms with van der Waals surface area (Å²) in [7, 11) is 1.54. The Hall–Kier alpha value is -4.00. The summed E-state index contributed by atoms with van der Waals surface area (Å²) in [6, 6.07) is 19.8. The molecule has 0 aliphatic rings. The SMILES string of the molecule is COc1cccc(C(=O)Nc2ccccc2-c2nc(-c3ccc(F)cc3)no2)c1. The van der Waals surface area contributed by atoms with Gasteiger partial charge in [0, 0.05) is 11.1 Å². The number of carbonyl (C=O) groups is 1. The molecule has 0 aliphatic carbocycles. The zero-order valence-electron chi connectivity index (χ0n) is 15.4. The van der Waals surface area contributed by atoms with Crippen molar-refractivity contribution in [2.45, 2.75) is 0 Å². The molecule has 1 aromatic heterocycles. The Kier molecular flexibility index (Phi) is 5.03. The molecule has 0 spiro atoms. The van der Waals surface area contributed by atoms with Crippen LogP contribution < -0.4 is 10.1 Å². The van der Waals surface area contributed by atoms with Gasteiger partial charge in [-0.25, -0.2) is 4.39 Å². The van der Waals surface area contributed by atoms with Crippen LogP contribution in [0.3, 0.4) is 0 Å². The molecule has 0 unspecified atom stereocenters. The summed E-state index contributed by atoms with van der Waals surface area (Å²) >= 11 is 0. The van der Waals surface area contributed by atoms with Crippen molar-refractivity contribution in [2.24, 2.45) is 0 Å². The lowest BCUT2D eigenvalue weighted by Crippen LogP contribution is -2.12. The molecule has 0 saturated carbocycles. The minimum absolute atomic E-state index is 0.242. The van der Waals surface area contributed by atoms with Crippen LogP contribution in [0.25, 0.3) is 22.8 Å². The predicted octanol–water partition coefficient (Wildman–Crippen LogP) is 4.80. The third-order valence-electron chi connectivity index (χ3n) is 4.27. The van der Waals surface area contributed by atoms with E-state index < -0.39 is 0 Å². The highest BCUT2D eigenvalue weighted by atomic mass is 19.1. The first-order valence-electron chi connectivity index (χ1n) is 8.78. The molecule has 3 aromatic carbocycles. The fourth-order valence-electron chi connectivity index (χ4n) is 2.79. The second-order valence-electron chi connectivity index (χ2n) is 6.16. The monoisotopic (exact) mass is 389 g/mol. The Bertz CT molecular complexity index is 1160. The summed E-state index contributed by atoms with van der Waals surface area (Å²) < 4.78 is 23.7. The first kappa shape index (κ1) is 18.4. The Morgan fingerprint density at radius 2 is 1.83 bits per heavy atom. The predicted molar refractivity (Wildman–Crippen MR) is 106 cm³/mol. The van der Waals surface area contributed by atoms with Crippen molar-refractivity contribution in [3.63, 3.8) is 0 Å². The van der Waals surface area contributed by atoms with Gasteiger partial charge in [-0.15, -0.1) is 0 Å². The quantitative estimate of drug-likeness (QED) is 0.530. The van der Waals surface area contributed by atoms with Gasteiger partial charge in [-0.3, -0.25) is 4.79 Å². The topological polar surface area (TPSA) is 77.2 Å². The summed E-state index contributed by atoms with van der Waals surface area (Å²) in [6.07, 6.45) is 0. The Balaban J connectivity index is 1.62. The fraction of sp³-hybridized carbons (Fsp3) is 0.0455. The number of ether oxygens (including phenoxy) is 1. The van der Waals surface area contributed by atoms with E-state index in [1.54, 1.807) is 67.8 Å². The summed E-state index contributed by atoms with van der Waals surface area (Å²) in [4.78, 5) is 17.0. The number of aromatic nitrogens is 2. The molecule has 144 valence electrons. The van der Waals surface area contributed by atoms with Crippen LogP contribution >= 0.6 is 0 Å². The normalized spacial score (nSPS) is 10.6. The van der Waals surface area contributed by atoms with Crippen molar-refractivity contribution < 1.29 is 18.4 Å². The van der Waals surface area contributed by atoms with Crippen molar-refractivity contribution in [1.29, 1.82) is 0 Å². The van der Waals surface area contributed by atoms with E-state index in [0.717, 1.165) is 0 Å². The van der Waals surface area contributed by atoms with Crippen molar-refractivity contribution >= 4 is 11.6 Å². The largest absolute Gasteiger partial charge is 0.497 e. The molecular formula is C22H16FN3O3. The summed E-state index contributed by atoms with van der Waals surface area (Å²) in [5, 5.41) is 6.82. The fourth-order valence-corrected chi connectivity index (χ4v) is 2.79. The van der Waals surface area contributed by atoms with E-state index in [2.05, 4.69) is 15.5 Å². The summed E-state index contributed by atoms with van der Waals surface area (Å²) in [6.45, 7) is 0. The molecule has 1 heterocycles. The average Bonchev–Trinajstić information content (AvgIpc) is 3.24. The minimum Gasteiger partial charge on any atom is -0.497 e. The number of amides is 1. The first-order chi connectivity index (χ1) is 14.1. The van der Waals surface area contributed by atoms with Gasteiger partial charge in [-0.05, 0) is 54.6 Å². The lowest BCUT2D eigenvalue weighted by Gasteiger charge is -2.09. The van der Waals surface area contributed by atoms with Crippen LogP contribution in [0.5, 0.6) is 5.75 Å². The lowest BCUT2D eigenvalue weighted by atomic mass is 10.1. The van der Waals surface area contributed by atoms with Crippen molar-refractivity contribution in [3.8, 4) is 28.6 Å². The van der Waals surface area contributed by atoms with Crippen molar-refractivity contribution in [2.75, 3.05) is 12.4 Å². The number of nitrogens with zero attached hydrogens (tertiary/aromatic N) is 2. The van der Waals surface area contributed by atoms with E-state index in [0.29, 0.717) is 34.0 Å². The molecule has 1 amide bonds. The molecule has 4 aromatic rings. The Morgan fingerprint density at radius 1 is 1.03 bits per heavy atom. The maximum Gasteiger partial charge on any atom is 0.260 e. The molecule has 0 fully saturated rings. The molecule has 7 heteroatoms. The van der Waals surface area contributed by atoms with Gasteiger partial charge in [0.25, 0.3) is 11.8 Å². The zero-order chi connectivity index (χ0) is 20.2. The number of nitrogens with one attached hydrogen (secondary N) is 1. The number of hydrogen-bond acceptors (Lipinski definition) is 5. The number of benzene rings is 3. The zero-order valence-corrected chi connectivity index (χ0v) is 15.4. The molecule has 0 saturated heterocycles.